The summed E-state index contributed by atoms with van der Waals surface area (Å²) < 4.78 is 16.0. The monoisotopic (exact) mass is 296 g/mol. The number of nitrogens with one attached hydrogen (secondary N) is 1. The summed E-state index contributed by atoms with van der Waals surface area (Å²) in [7, 11) is 4.72. The molecule has 1 amide bonds. The van der Waals surface area contributed by atoms with Gasteiger partial charge in [0.15, 0.2) is 11.5 Å². The number of carbonyl (C=O) groups is 1. The molecule has 3 N–H and O–H groups in total. The van der Waals surface area contributed by atoms with Crippen LogP contribution in [0.1, 0.15) is 18.9 Å². The van der Waals surface area contributed by atoms with E-state index in [1.54, 1.807) is 28.3 Å². The van der Waals surface area contributed by atoms with E-state index in [9.17, 15) is 4.79 Å². The van der Waals surface area contributed by atoms with Gasteiger partial charge in [0, 0.05) is 24.6 Å². The van der Waals surface area contributed by atoms with Crippen LogP contribution < -0.4 is 25.3 Å². The van der Waals surface area contributed by atoms with Crippen molar-refractivity contribution in [2.75, 3.05) is 27.9 Å². The predicted molar refractivity (Wildman–Crippen MR) is 81.1 cm³/mol. The van der Waals surface area contributed by atoms with Gasteiger partial charge in [-0.15, -0.1) is 0 Å². The standard InChI is InChI=1S/C15H24N2O4/c1-10(16)9-13(18)17-8-7-11-5-6-12(19-2)15(21-4)14(11)20-3/h5-6,10H,7-9,16H2,1-4H3,(H,17,18). The molecule has 0 heterocycles. The van der Waals surface area contributed by atoms with Crippen molar-refractivity contribution in [3.8, 4) is 17.2 Å². The number of benzene rings is 1. The second kappa shape index (κ2) is 8.36. The highest BCUT2D eigenvalue weighted by atomic mass is 16.5. The maximum Gasteiger partial charge on any atom is 0.221 e. The highest BCUT2D eigenvalue weighted by Crippen LogP contribution is 2.39. The third kappa shape index (κ3) is 4.82. The SMILES string of the molecule is COc1ccc(CCNC(=O)CC(C)N)c(OC)c1OC. The van der Waals surface area contributed by atoms with E-state index in [0.29, 0.717) is 36.6 Å². The Hall–Kier alpha value is -1.95. The number of hydrogen-bond acceptors (Lipinski definition) is 5. The van der Waals surface area contributed by atoms with E-state index in [1.807, 2.05) is 12.1 Å². The third-order valence-electron chi connectivity index (χ3n) is 3.01. The predicted octanol–water partition coefficient (Wildman–Crippen LogP) is 1.11. The van der Waals surface area contributed by atoms with Crippen LogP contribution in [0.5, 0.6) is 17.2 Å². The average molecular weight is 296 g/mol. The molecule has 0 aliphatic rings. The average Bonchev–Trinajstić information content (AvgIpc) is 2.45. The van der Waals surface area contributed by atoms with Gasteiger partial charge in [-0.05, 0) is 19.4 Å². The summed E-state index contributed by atoms with van der Waals surface area (Å²) in [6, 6.07) is 3.58. The van der Waals surface area contributed by atoms with E-state index in [4.69, 9.17) is 19.9 Å². The number of carbonyl (C=O) groups excluding carboxylic acids is 1. The fraction of sp³-hybridized carbons (Fsp3) is 0.533. The first-order chi connectivity index (χ1) is 10.0. The molecule has 0 spiro atoms. The molecule has 1 atom stereocenters. The molecule has 1 rings (SSSR count). The van der Waals surface area contributed by atoms with Gasteiger partial charge in [-0.2, -0.15) is 0 Å². The Labute approximate surface area is 125 Å². The summed E-state index contributed by atoms with van der Waals surface area (Å²) in [5.74, 6) is 1.74. The number of amides is 1. The van der Waals surface area contributed by atoms with Crippen LogP contribution in [-0.4, -0.2) is 39.8 Å². The first-order valence-corrected chi connectivity index (χ1v) is 6.83. The van der Waals surface area contributed by atoms with Crippen molar-refractivity contribution in [3.05, 3.63) is 17.7 Å². The van der Waals surface area contributed by atoms with E-state index < -0.39 is 0 Å². The lowest BCUT2D eigenvalue weighted by Gasteiger charge is -2.16. The molecule has 6 heteroatoms. The van der Waals surface area contributed by atoms with Crippen LogP contribution in [0.2, 0.25) is 0 Å². The summed E-state index contributed by atoms with van der Waals surface area (Å²) in [5.41, 5.74) is 6.52. The van der Waals surface area contributed by atoms with Gasteiger partial charge in [0.05, 0.1) is 21.3 Å². The fourth-order valence-electron chi connectivity index (χ4n) is 2.06. The molecule has 0 saturated heterocycles. The lowest BCUT2D eigenvalue weighted by Crippen LogP contribution is -2.31. The second-order valence-electron chi connectivity index (χ2n) is 4.77. The Morgan fingerprint density at radius 1 is 1.19 bits per heavy atom. The molecule has 0 radical (unpaired) electrons. The Morgan fingerprint density at radius 2 is 1.86 bits per heavy atom. The fourth-order valence-corrected chi connectivity index (χ4v) is 2.06. The highest BCUT2D eigenvalue weighted by molar-refractivity contribution is 5.76. The number of hydrogen-bond donors (Lipinski definition) is 2. The third-order valence-corrected chi connectivity index (χ3v) is 3.01. The first-order valence-electron chi connectivity index (χ1n) is 6.83. The largest absolute Gasteiger partial charge is 0.493 e. The van der Waals surface area contributed by atoms with Crippen molar-refractivity contribution in [1.29, 1.82) is 0 Å². The van der Waals surface area contributed by atoms with Gasteiger partial charge in [0.2, 0.25) is 11.7 Å². The van der Waals surface area contributed by atoms with Crippen LogP contribution >= 0.6 is 0 Å². The van der Waals surface area contributed by atoms with E-state index >= 15 is 0 Å². The van der Waals surface area contributed by atoms with Crippen molar-refractivity contribution in [2.24, 2.45) is 5.73 Å². The van der Waals surface area contributed by atoms with E-state index in [1.165, 1.54) is 0 Å². The van der Waals surface area contributed by atoms with Crippen molar-refractivity contribution in [1.82, 2.24) is 5.32 Å². The summed E-state index contributed by atoms with van der Waals surface area (Å²) in [5, 5.41) is 2.83. The van der Waals surface area contributed by atoms with Crippen LogP contribution in [0.25, 0.3) is 0 Å². The quantitative estimate of drug-likeness (QED) is 0.751. The molecule has 0 aliphatic heterocycles. The summed E-state index contributed by atoms with van der Waals surface area (Å²) in [6.07, 6.45) is 0.956. The molecule has 1 unspecified atom stereocenters. The topological polar surface area (TPSA) is 82.8 Å². The minimum Gasteiger partial charge on any atom is -0.493 e. The molecule has 1 aromatic rings. The van der Waals surface area contributed by atoms with Crippen LogP contribution in [-0.2, 0) is 11.2 Å². The Morgan fingerprint density at radius 3 is 2.38 bits per heavy atom. The van der Waals surface area contributed by atoms with Crippen LogP contribution in [0, 0.1) is 0 Å². The Kier molecular flexibility index (Phi) is 6.81. The molecule has 21 heavy (non-hydrogen) atoms. The van der Waals surface area contributed by atoms with E-state index in [-0.39, 0.29) is 11.9 Å². The van der Waals surface area contributed by atoms with Gasteiger partial charge >= 0.3 is 0 Å². The summed E-state index contributed by atoms with van der Waals surface area (Å²) in [6.45, 7) is 2.31. The van der Waals surface area contributed by atoms with Crippen LogP contribution in [0.3, 0.4) is 0 Å². The smallest absolute Gasteiger partial charge is 0.221 e. The zero-order valence-electron chi connectivity index (χ0n) is 13.1. The molecule has 0 saturated carbocycles. The van der Waals surface area contributed by atoms with Crippen molar-refractivity contribution in [3.63, 3.8) is 0 Å². The summed E-state index contributed by atoms with van der Waals surface area (Å²) in [4.78, 5) is 11.6. The molecule has 0 aliphatic carbocycles. The first kappa shape index (κ1) is 17.1. The number of nitrogens with two attached hydrogens (primary N) is 1. The lowest BCUT2D eigenvalue weighted by molar-refractivity contribution is -0.121. The minimum absolute atomic E-state index is 0.0514. The molecule has 0 bridgehead atoms. The molecule has 0 fully saturated rings. The molecule has 118 valence electrons. The molecular weight excluding hydrogens is 272 g/mol. The molecular formula is C15H24N2O4. The highest BCUT2D eigenvalue weighted by Gasteiger charge is 2.15. The number of methoxy groups -OCH3 is 3. The van der Waals surface area contributed by atoms with Gasteiger partial charge in [-0.1, -0.05) is 6.07 Å². The van der Waals surface area contributed by atoms with E-state index in [2.05, 4.69) is 5.32 Å². The van der Waals surface area contributed by atoms with Crippen LogP contribution in [0.15, 0.2) is 12.1 Å². The molecule has 1 aromatic carbocycles. The van der Waals surface area contributed by atoms with Crippen molar-refractivity contribution < 1.29 is 19.0 Å². The van der Waals surface area contributed by atoms with Crippen LogP contribution in [0.4, 0.5) is 0 Å². The van der Waals surface area contributed by atoms with Crippen molar-refractivity contribution >= 4 is 5.91 Å². The maximum absolute atomic E-state index is 11.6. The van der Waals surface area contributed by atoms with E-state index in [0.717, 1.165) is 5.56 Å². The zero-order valence-corrected chi connectivity index (χ0v) is 13.1. The molecule has 6 nitrogen and oxygen atoms in total. The number of ether oxygens (including phenoxy) is 3. The second-order valence-corrected chi connectivity index (χ2v) is 4.77. The molecule has 0 aromatic heterocycles. The lowest BCUT2D eigenvalue weighted by atomic mass is 10.1. The van der Waals surface area contributed by atoms with Gasteiger partial charge in [-0.3, -0.25) is 4.79 Å². The maximum atomic E-state index is 11.6. The van der Waals surface area contributed by atoms with Gasteiger partial charge < -0.3 is 25.3 Å². The van der Waals surface area contributed by atoms with Crippen molar-refractivity contribution in [2.45, 2.75) is 25.8 Å². The van der Waals surface area contributed by atoms with Gasteiger partial charge in [0.25, 0.3) is 0 Å². The number of rotatable bonds is 8. The zero-order chi connectivity index (χ0) is 15.8. The normalized spacial score (nSPS) is 11.7. The summed E-state index contributed by atoms with van der Waals surface area (Å²) >= 11 is 0. The Balaban J connectivity index is 2.73. The van der Waals surface area contributed by atoms with Gasteiger partial charge in [0.1, 0.15) is 0 Å². The Bertz CT molecular complexity index is 475. The minimum atomic E-state index is -0.138. The van der Waals surface area contributed by atoms with Gasteiger partial charge in [-0.25, -0.2) is 0 Å².